The molecular weight excluding hydrogens is 360 g/mol. The number of methoxy groups -OCH3 is 1. The molecular formula is C21H18N2O3S. The lowest BCUT2D eigenvalue weighted by atomic mass is 9.82. The number of thioether (sulfide) groups is 1. The third-order valence-corrected chi connectivity index (χ3v) is 6.66. The van der Waals surface area contributed by atoms with Crippen LogP contribution < -0.4 is 5.32 Å². The van der Waals surface area contributed by atoms with E-state index in [0.29, 0.717) is 11.4 Å². The molecule has 136 valence electrons. The van der Waals surface area contributed by atoms with Crippen molar-refractivity contribution in [3.8, 4) is 0 Å². The maximum absolute atomic E-state index is 13.4. The van der Waals surface area contributed by atoms with Crippen LogP contribution in [0.5, 0.6) is 0 Å². The number of fused-ring (bicyclic) bond motifs is 4. The van der Waals surface area contributed by atoms with Gasteiger partial charge in [0.2, 0.25) is 0 Å². The average molecular weight is 378 g/mol. The summed E-state index contributed by atoms with van der Waals surface area (Å²) in [5.74, 6) is 0.896. The van der Waals surface area contributed by atoms with E-state index >= 15 is 0 Å². The lowest BCUT2D eigenvalue weighted by Crippen LogP contribution is -2.51. The molecule has 27 heavy (non-hydrogen) atoms. The molecule has 1 amide bonds. The molecule has 5 rings (SSSR count). The number of para-hydroxylation sites is 1. The first-order chi connectivity index (χ1) is 13.2. The Balaban J connectivity index is 1.87. The minimum atomic E-state index is -1.14. The van der Waals surface area contributed by atoms with E-state index < -0.39 is 11.5 Å². The van der Waals surface area contributed by atoms with Gasteiger partial charge in [-0.3, -0.25) is 9.69 Å². The Kier molecular flexibility index (Phi) is 3.67. The highest BCUT2D eigenvalue weighted by Gasteiger charge is 2.64. The topological polar surface area (TPSA) is 58.6 Å². The fourth-order valence-electron chi connectivity index (χ4n) is 4.61. The number of nitrogens with one attached hydrogen (secondary N) is 1. The van der Waals surface area contributed by atoms with Crippen molar-refractivity contribution in [2.45, 2.75) is 11.6 Å². The first kappa shape index (κ1) is 16.6. The second-order valence-electron chi connectivity index (χ2n) is 6.84. The molecule has 0 saturated carbocycles. The molecule has 2 aromatic rings. The fraction of sp³-hybridized carbons (Fsp3) is 0.238. The number of rotatable bonds is 2. The molecule has 1 saturated heterocycles. The van der Waals surface area contributed by atoms with Gasteiger partial charge in [-0.15, -0.1) is 11.8 Å². The molecule has 2 aromatic carbocycles. The summed E-state index contributed by atoms with van der Waals surface area (Å²) in [5, 5.41) is 2.99. The Morgan fingerprint density at radius 1 is 1.19 bits per heavy atom. The highest BCUT2D eigenvalue weighted by Crippen LogP contribution is 2.57. The summed E-state index contributed by atoms with van der Waals surface area (Å²) in [4.78, 5) is 28.6. The molecule has 0 aromatic heterocycles. The van der Waals surface area contributed by atoms with Gasteiger partial charge in [0.15, 0.2) is 5.54 Å². The second-order valence-corrected chi connectivity index (χ2v) is 7.84. The van der Waals surface area contributed by atoms with E-state index in [-0.39, 0.29) is 11.9 Å². The van der Waals surface area contributed by atoms with Crippen molar-refractivity contribution in [1.29, 1.82) is 0 Å². The van der Waals surface area contributed by atoms with E-state index in [1.165, 1.54) is 7.11 Å². The molecule has 3 heterocycles. The van der Waals surface area contributed by atoms with Gasteiger partial charge in [-0.25, -0.2) is 4.79 Å². The van der Waals surface area contributed by atoms with Crippen molar-refractivity contribution in [1.82, 2.24) is 4.90 Å². The van der Waals surface area contributed by atoms with E-state index in [9.17, 15) is 9.59 Å². The van der Waals surface area contributed by atoms with Gasteiger partial charge < -0.3 is 10.1 Å². The molecule has 1 N–H and O–H groups in total. The van der Waals surface area contributed by atoms with Crippen LogP contribution in [0.4, 0.5) is 5.69 Å². The van der Waals surface area contributed by atoms with Crippen LogP contribution in [-0.4, -0.2) is 41.6 Å². The third kappa shape index (κ3) is 2.05. The molecule has 0 bridgehead atoms. The Hall–Kier alpha value is -2.57. The number of esters is 1. The molecule has 2 atom stereocenters. The molecule has 6 heteroatoms. The number of hydrogen-bond donors (Lipinski definition) is 1. The first-order valence-electron chi connectivity index (χ1n) is 8.83. The van der Waals surface area contributed by atoms with Crippen LogP contribution in [0.2, 0.25) is 0 Å². The summed E-state index contributed by atoms with van der Waals surface area (Å²) < 4.78 is 5.19. The average Bonchev–Trinajstić information content (AvgIpc) is 3.35. The van der Waals surface area contributed by atoms with E-state index in [1.54, 1.807) is 11.8 Å². The van der Waals surface area contributed by atoms with Gasteiger partial charge in [-0.1, -0.05) is 48.5 Å². The monoisotopic (exact) mass is 378 g/mol. The van der Waals surface area contributed by atoms with Crippen molar-refractivity contribution < 1.29 is 14.3 Å². The molecule has 1 spiro atoms. The van der Waals surface area contributed by atoms with Crippen molar-refractivity contribution in [2.24, 2.45) is 0 Å². The summed E-state index contributed by atoms with van der Waals surface area (Å²) >= 11 is 1.78. The van der Waals surface area contributed by atoms with Gasteiger partial charge in [0.25, 0.3) is 5.91 Å². The zero-order valence-corrected chi connectivity index (χ0v) is 15.6. The highest BCUT2D eigenvalue weighted by atomic mass is 32.2. The van der Waals surface area contributed by atoms with Crippen LogP contribution in [0.15, 0.2) is 60.2 Å². The van der Waals surface area contributed by atoms with Gasteiger partial charge >= 0.3 is 5.97 Å². The van der Waals surface area contributed by atoms with E-state index in [2.05, 4.69) is 10.2 Å². The van der Waals surface area contributed by atoms with E-state index in [0.717, 1.165) is 28.1 Å². The van der Waals surface area contributed by atoms with Crippen LogP contribution in [0, 0.1) is 0 Å². The van der Waals surface area contributed by atoms with Crippen LogP contribution >= 0.6 is 11.8 Å². The Labute approximate surface area is 161 Å². The predicted octanol–water partition coefficient (Wildman–Crippen LogP) is 2.85. The summed E-state index contributed by atoms with van der Waals surface area (Å²) in [6.07, 6.45) is 0. The van der Waals surface area contributed by atoms with Gasteiger partial charge in [-0.2, -0.15) is 0 Å². The summed E-state index contributed by atoms with van der Waals surface area (Å²) in [6.45, 7) is 0. The number of anilines is 1. The Morgan fingerprint density at radius 2 is 1.93 bits per heavy atom. The largest absolute Gasteiger partial charge is 0.466 e. The summed E-state index contributed by atoms with van der Waals surface area (Å²) in [7, 11) is 1.38. The van der Waals surface area contributed by atoms with Crippen molar-refractivity contribution in [2.75, 3.05) is 24.1 Å². The SMILES string of the molecule is COC(=O)C1=C(c2ccccc2)[C@H]2CSCN2C12C(=O)Nc1ccccc12. The maximum atomic E-state index is 13.4. The maximum Gasteiger partial charge on any atom is 0.336 e. The Bertz CT molecular complexity index is 988. The van der Waals surface area contributed by atoms with Crippen molar-refractivity contribution in [3.63, 3.8) is 0 Å². The van der Waals surface area contributed by atoms with E-state index in [4.69, 9.17) is 4.74 Å². The molecule has 3 aliphatic rings. The van der Waals surface area contributed by atoms with Crippen molar-refractivity contribution in [3.05, 3.63) is 71.3 Å². The minimum absolute atomic E-state index is 0.0107. The zero-order chi connectivity index (χ0) is 18.6. The molecule has 0 radical (unpaired) electrons. The third-order valence-electron chi connectivity index (χ3n) is 5.65. The van der Waals surface area contributed by atoms with Crippen LogP contribution in [0.25, 0.3) is 5.57 Å². The van der Waals surface area contributed by atoms with Gasteiger partial charge in [0.05, 0.1) is 12.7 Å². The quantitative estimate of drug-likeness (QED) is 0.815. The highest BCUT2D eigenvalue weighted by molar-refractivity contribution is 7.99. The lowest BCUT2D eigenvalue weighted by Gasteiger charge is -2.34. The van der Waals surface area contributed by atoms with Crippen molar-refractivity contribution >= 4 is 34.9 Å². The number of carbonyl (C=O) groups excluding carboxylic acids is 2. The second kappa shape index (κ2) is 5.97. The Morgan fingerprint density at radius 3 is 2.70 bits per heavy atom. The summed E-state index contributed by atoms with van der Waals surface area (Å²) in [6, 6.07) is 17.5. The van der Waals surface area contributed by atoms with E-state index in [1.807, 2.05) is 54.6 Å². The lowest BCUT2D eigenvalue weighted by molar-refractivity contribution is -0.140. The zero-order valence-electron chi connectivity index (χ0n) is 14.8. The minimum Gasteiger partial charge on any atom is -0.466 e. The molecule has 1 fully saturated rings. The molecule has 0 aliphatic carbocycles. The normalized spacial score (nSPS) is 26.3. The number of carbonyl (C=O) groups is 2. The van der Waals surface area contributed by atoms with Crippen LogP contribution in [0.3, 0.4) is 0 Å². The number of ether oxygens (including phenoxy) is 1. The number of amides is 1. The first-order valence-corrected chi connectivity index (χ1v) is 9.99. The fourth-order valence-corrected chi connectivity index (χ4v) is 5.85. The number of benzene rings is 2. The number of nitrogens with zero attached hydrogens (tertiary/aromatic N) is 1. The van der Waals surface area contributed by atoms with Crippen LogP contribution in [0.1, 0.15) is 11.1 Å². The van der Waals surface area contributed by atoms with Gasteiger partial charge in [0, 0.05) is 28.9 Å². The smallest absolute Gasteiger partial charge is 0.336 e. The number of hydrogen-bond acceptors (Lipinski definition) is 5. The predicted molar refractivity (Wildman–Crippen MR) is 105 cm³/mol. The van der Waals surface area contributed by atoms with Gasteiger partial charge in [0.1, 0.15) is 0 Å². The molecule has 3 aliphatic heterocycles. The molecule has 1 unspecified atom stereocenters. The summed E-state index contributed by atoms with van der Waals surface area (Å²) in [5.41, 5.74) is 2.76. The van der Waals surface area contributed by atoms with Gasteiger partial charge in [-0.05, 0) is 17.2 Å². The van der Waals surface area contributed by atoms with Crippen LogP contribution in [-0.2, 0) is 19.9 Å². The molecule has 5 nitrogen and oxygen atoms in total. The standard InChI is InChI=1S/C21H18N2O3S/c1-26-19(24)18-17(13-7-3-2-4-8-13)16-11-27-12-23(16)21(18)14-9-5-6-10-15(14)22-20(21)25/h2-10,16H,11-12H2,1H3,(H,22,25)/t16-,21?/m1/s1.